The molecule has 1 aromatic rings. The van der Waals surface area contributed by atoms with Gasteiger partial charge in [0.1, 0.15) is 0 Å². The topological polar surface area (TPSA) is 46.3 Å². The van der Waals surface area contributed by atoms with E-state index >= 15 is 0 Å². The molecule has 2 N–H and O–H groups in total. The maximum Gasteiger partial charge on any atom is 0.226 e. The third-order valence-corrected chi connectivity index (χ3v) is 4.41. The van der Waals surface area contributed by atoms with Crippen molar-refractivity contribution in [1.82, 2.24) is 4.90 Å². The lowest BCUT2D eigenvalue weighted by Crippen LogP contribution is -2.42. The van der Waals surface area contributed by atoms with Crippen LogP contribution in [0.4, 0.5) is 5.69 Å². The van der Waals surface area contributed by atoms with Crippen LogP contribution in [0.25, 0.3) is 0 Å². The highest BCUT2D eigenvalue weighted by Gasteiger charge is 2.30. The fraction of sp³-hybridized carbons (Fsp3) is 0.588. The van der Waals surface area contributed by atoms with Crippen LogP contribution in [0.3, 0.4) is 0 Å². The van der Waals surface area contributed by atoms with Gasteiger partial charge in [-0.25, -0.2) is 0 Å². The molecule has 1 fully saturated rings. The van der Waals surface area contributed by atoms with Crippen molar-refractivity contribution in [3.63, 3.8) is 0 Å². The molecule has 0 atom stereocenters. The van der Waals surface area contributed by atoms with Crippen LogP contribution in [0, 0.1) is 11.3 Å². The van der Waals surface area contributed by atoms with Crippen LogP contribution in [-0.2, 0) is 11.2 Å². The maximum atomic E-state index is 12.3. The molecule has 2 rings (SSSR count). The molecular formula is C17H27ClN2O. The minimum atomic E-state index is 0. The average Bonchev–Trinajstić information content (AvgIpc) is 2.40. The molecule has 4 heteroatoms. The fourth-order valence-electron chi connectivity index (χ4n) is 2.92. The third-order valence-electron chi connectivity index (χ3n) is 4.41. The van der Waals surface area contributed by atoms with Crippen molar-refractivity contribution in [3.8, 4) is 0 Å². The molecule has 0 aromatic heterocycles. The van der Waals surface area contributed by atoms with E-state index in [1.54, 1.807) is 0 Å². The number of halogens is 1. The largest absolute Gasteiger partial charge is 0.399 e. The molecule has 1 aliphatic heterocycles. The van der Waals surface area contributed by atoms with Crippen LogP contribution in [0.2, 0.25) is 0 Å². The number of carbonyl (C=O) groups is 1. The first kappa shape index (κ1) is 17.8. The Kier molecular flexibility index (Phi) is 6.09. The highest BCUT2D eigenvalue weighted by Crippen LogP contribution is 2.34. The van der Waals surface area contributed by atoms with Gasteiger partial charge in [-0.15, -0.1) is 12.4 Å². The highest BCUT2D eigenvalue weighted by atomic mass is 35.5. The van der Waals surface area contributed by atoms with Crippen molar-refractivity contribution >= 4 is 24.0 Å². The molecule has 3 nitrogen and oxygen atoms in total. The summed E-state index contributed by atoms with van der Waals surface area (Å²) in [5.74, 6) is 0.963. The molecular weight excluding hydrogens is 284 g/mol. The Balaban J connectivity index is 0.00000220. The van der Waals surface area contributed by atoms with E-state index in [0.717, 1.165) is 43.1 Å². The normalized spacial score (nSPS) is 16.4. The van der Waals surface area contributed by atoms with Crippen molar-refractivity contribution in [2.45, 2.75) is 40.0 Å². The summed E-state index contributed by atoms with van der Waals surface area (Å²) in [5.41, 5.74) is 7.80. The van der Waals surface area contributed by atoms with E-state index in [0.29, 0.717) is 11.8 Å². The first-order valence-electron chi connectivity index (χ1n) is 7.48. The van der Waals surface area contributed by atoms with Crippen molar-refractivity contribution in [3.05, 3.63) is 29.8 Å². The first-order valence-corrected chi connectivity index (χ1v) is 7.48. The summed E-state index contributed by atoms with van der Waals surface area (Å²) in [5, 5.41) is 0. The molecule has 0 unspecified atom stereocenters. The minimum Gasteiger partial charge on any atom is -0.399 e. The second-order valence-electron chi connectivity index (χ2n) is 6.94. The Morgan fingerprint density at radius 2 is 1.71 bits per heavy atom. The number of likely N-dealkylation sites (tertiary alicyclic amines) is 1. The van der Waals surface area contributed by atoms with Gasteiger partial charge in [0.25, 0.3) is 0 Å². The second-order valence-corrected chi connectivity index (χ2v) is 6.94. The molecule has 1 heterocycles. The summed E-state index contributed by atoms with van der Waals surface area (Å²) in [6.45, 7) is 8.68. The number of nitrogens with zero attached hydrogens (tertiary/aromatic N) is 1. The Labute approximate surface area is 134 Å². The van der Waals surface area contributed by atoms with E-state index < -0.39 is 0 Å². The molecule has 1 saturated heterocycles. The Hall–Kier alpha value is -1.22. The number of rotatable bonds is 2. The number of amides is 1. The van der Waals surface area contributed by atoms with Gasteiger partial charge in [0, 0.05) is 18.8 Å². The van der Waals surface area contributed by atoms with Crippen molar-refractivity contribution < 1.29 is 4.79 Å². The predicted molar refractivity (Wildman–Crippen MR) is 90.6 cm³/mol. The van der Waals surface area contributed by atoms with Crippen LogP contribution in [0.1, 0.15) is 39.2 Å². The van der Waals surface area contributed by atoms with Gasteiger partial charge in [0.05, 0.1) is 6.42 Å². The van der Waals surface area contributed by atoms with E-state index in [2.05, 4.69) is 20.8 Å². The number of piperidine rings is 1. The zero-order valence-corrected chi connectivity index (χ0v) is 14.1. The maximum absolute atomic E-state index is 12.3. The van der Waals surface area contributed by atoms with Gasteiger partial charge in [-0.2, -0.15) is 0 Å². The molecule has 0 spiro atoms. The van der Waals surface area contributed by atoms with Gasteiger partial charge in [0.15, 0.2) is 0 Å². The third kappa shape index (κ3) is 4.92. The molecule has 118 valence electrons. The second kappa shape index (κ2) is 7.17. The number of anilines is 1. The predicted octanol–water partition coefficient (Wildman–Crippen LogP) is 3.52. The standard InChI is InChI=1S/C17H26N2O.ClH/c1-17(2,3)14-8-10-19(11-9-14)16(20)12-13-4-6-15(18)7-5-13;/h4-7,14H,8-12,18H2,1-3H3;1H. The number of carbonyl (C=O) groups excluding carboxylic acids is 1. The average molecular weight is 311 g/mol. The molecule has 0 bridgehead atoms. The zero-order chi connectivity index (χ0) is 14.8. The van der Waals surface area contributed by atoms with Gasteiger partial charge in [0.2, 0.25) is 5.91 Å². The van der Waals surface area contributed by atoms with E-state index in [1.165, 1.54) is 0 Å². The summed E-state index contributed by atoms with van der Waals surface area (Å²) in [6, 6.07) is 7.59. The van der Waals surface area contributed by atoms with E-state index in [-0.39, 0.29) is 18.3 Å². The van der Waals surface area contributed by atoms with Crippen LogP contribution >= 0.6 is 12.4 Å². The number of hydrogen-bond acceptors (Lipinski definition) is 2. The molecule has 1 aliphatic rings. The lowest BCUT2D eigenvalue weighted by atomic mass is 9.75. The number of nitrogen functional groups attached to an aromatic ring is 1. The SMILES string of the molecule is CC(C)(C)C1CCN(C(=O)Cc2ccc(N)cc2)CC1.Cl. The number of hydrogen-bond donors (Lipinski definition) is 1. The summed E-state index contributed by atoms with van der Waals surface area (Å²) >= 11 is 0. The lowest BCUT2D eigenvalue weighted by Gasteiger charge is -2.38. The van der Waals surface area contributed by atoms with Crippen LogP contribution < -0.4 is 5.73 Å². The van der Waals surface area contributed by atoms with Crippen LogP contribution in [0.5, 0.6) is 0 Å². The van der Waals surface area contributed by atoms with Crippen molar-refractivity contribution in [1.29, 1.82) is 0 Å². The summed E-state index contributed by atoms with van der Waals surface area (Å²) in [7, 11) is 0. The molecule has 0 saturated carbocycles. The zero-order valence-electron chi connectivity index (χ0n) is 13.3. The van der Waals surface area contributed by atoms with Crippen LogP contribution in [0.15, 0.2) is 24.3 Å². The summed E-state index contributed by atoms with van der Waals surface area (Å²) in [4.78, 5) is 14.3. The van der Waals surface area contributed by atoms with Gasteiger partial charge < -0.3 is 10.6 Å². The first-order chi connectivity index (χ1) is 9.36. The Morgan fingerprint density at radius 3 is 2.19 bits per heavy atom. The van der Waals surface area contributed by atoms with Gasteiger partial charge in [-0.1, -0.05) is 32.9 Å². The Morgan fingerprint density at radius 1 is 1.19 bits per heavy atom. The smallest absolute Gasteiger partial charge is 0.226 e. The number of nitrogens with two attached hydrogens (primary N) is 1. The highest BCUT2D eigenvalue weighted by molar-refractivity contribution is 5.85. The summed E-state index contributed by atoms with van der Waals surface area (Å²) < 4.78 is 0. The fourth-order valence-corrected chi connectivity index (χ4v) is 2.92. The van der Waals surface area contributed by atoms with Crippen molar-refractivity contribution in [2.75, 3.05) is 18.8 Å². The monoisotopic (exact) mass is 310 g/mol. The van der Waals surface area contributed by atoms with E-state index in [9.17, 15) is 4.79 Å². The van der Waals surface area contributed by atoms with Crippen LogP contribution in [-0.4, -0.2) is 23.9 Å². The molecule has 0 radical (unpaired) electrons. The van der Waals surface area contributed by atoms with Gasteiger partial charge in [-0.3, -0.25) is 4.79 Å². The minimum absolute atomic E-state index is 0. The summed E-state index contributed by atoms with van der Waals surface area (Å²) in [6.07, 6.45) is 2.73. The molecule has 21 heavy (non-hydrogen) atoms. The lowest BCUT2D eigenvalue weighted by molar-refractivity contribution is -0.132. The quantitative estimate of drug-likeness (QED) is 0.850. The van der Waals surface area contributed by atoms with Gasteiger partial charge in [-0.05, 0) is 41.9 Å². The Bertz CT molecular complexity index is 457. The molecule has 1 aromatic carbocycles. The molecule has 0 aliphatic carbocycles. The van der Waals surface area contributed by atoms with E-state index in [1.807, 2.05) is 29.2 Å². The van der Waals surface area contributed by atoms with Crippen molar-refractivity contribution in [2.24, 2.45) is 11.3 Å². The molecule has 1 amide bonds. The van der Waals surface area contributed by atoms with E-state index in [4.69, 9.17) is 5.73 Å². The van der Waals surface area contributed by atoms with Gasteiger partial charge >= 0.3 is 0 Å². The number of benzene rings is 1.